The molecule has 3 rings (SSSR count). The summed E-state index contributed by atoms with van der Waals surface area (Å²) in [5.41, 5.74) is 11.7. The van der Waals surface area contributed by atoms with Gasteiger partial charge in [-0.2, -0.15) is 5.43 Å². The van der Waals surface area contributed by atoms with Crippen LogP contribution >= 0.6 is 0 Å². The zero-order valence-corrected chi connectivity index (χ0v) is 15.3. The van der Waals surface area contributed by atoms with Crippen LogP contribution in [0, 0.1) is 0 Å². The van der Waals surface area contributed by atoms with E-state index in [2.05, 4.69) is 31.8 Å². The number of hydrogen-bond acceptors (Lipinski definition) is 2. The number of nitrogens with zero attached hydrogens (tertiary/aromatic N) is 4. The minimum absolute atomic E-state index is 0.481. The van der Waals surface area contributed by atoms with E-state index < -0.39 is 0 Å². The van der Waals surface area contributed by atoms with Gasteiger partial charge in [-0.05, 0) is 35.9 Å². The molecule has 7 nitrogen and oxygen atoms in total. The molecule has 134 valence electrons. The molecule has 0 saturated carbocycles. The van der Waals surface area contributed by atoms with Crippen molar-refractivity contribution in [3.8, 4) is 5.75 Å². The summed E-state index contributed by atoms with van der Waals surface area (Å²) >= 11 is 0. The fourth-order valence-corrected chi connectivity index (χ4v) is 2.45. The van der Waals surface area contributed by atoms with Crippen LogP contribution in [0.15, 0.2) is 60.0 Å². The number of benzene rings is 1. The molecule has 7 heteroatoms. The van der Waals surface area contributed by atoms with Gasteiger partial charge in [0.25, 0.3) is 5.65 Å². The largest absolute Gasteiger partial charge is 0.485 e. The number of hydrazone groups is 1. The lowest BCUT2D eigenvalue weighted by molar-refractivity contribution is -0.511. The quantitative estimate of drug-likeness (QED) is 0.310. The van der Waals surface area contributed by atoms with Gasteiger partial charge in [0.15, 0.2) is 12.3 Å². The summed E-state index contributed by atoms with van der Waals surface area (Å²) in [4.78, 5) is 0. The molecular formula is C19H24N6O+2. The van der Waals surface area contributed by atoms with Gasteiger partial charge in [0.2, 0.25) is 0 Å². The van der Waals surface area contributed by atoms with Gasteiger partial charge in [0, 0.05) is 6.07 Å². The Morgan fingerprint density at radius 1 is 1.27 bits per heavy atom. The van der Waals surface area contributed by atoms with Crippen molar-refractivity contribution in [1.82, 2.24) is 9.99 Å². The number of rotatable bonds is 5. The minimum atomic E-state index is 0.481. The smallest absolute Gasteiger partial charge is 0.366 e. The highest BCUT2D eigenvalue weighted by Crippen LogP contribution is 2.14. The normalized spacial score (nSPS) is 11.0. The fourth-order valence-electron chi connectivity index (χ4n) is 2.45. The van der Waals surface area contributed by atoms with E-state index in [0.29, 0.717) is 12.6 Å². The van der Waals surface area contributed by atoms with E-state index in [1.165, 1.54) is 0 Å². The average Bonchev–Trinajstić information content (AvgIpc) is 2.97. The van der Waals surface area contributed by atoms with Crippen molar-refractivity contribution in [3.63, 3.8) is 0 Å². The molecule has 0 aliphatic carbocycles. The van der Waals surface area contributed by atoms with E-state index in [9.17, 15) is 0 Å². The van der Waals surface area contributed by atoms with Crippen LogP contribution in [0.1, 0.15) is 11.3 Å². The lowest BCUT2D eigenvalue weighted by Crippen LogP contribution is -2.34. The maximum Gasteiger partial charge on any atom is 0.366 e. The molecule has 0 amide bonds. The first-order valence-electron chi connectivity index (χ1n) is 8.31. The third kappa shape index (κ3) is 4.00. The number of fused-ring (bicyclic) bond motifs is 1. The third-order valence-corrected chi connectivity index (χ3v) is 4.07. The van der Waals surface area contributed by atoms with Crippen molar-refractivity contribution in [3.05, 3.63) is 66.1 Å². The highest BCUT2D eigenvalue weighted by atomic mass is 16.5. The van der Waals surface area contributed by atoms with Crippen molar-refractivity contribution in [2.75, 3.05) is 14.1 Å². The molecule has 3 aromatic rings. The zero-order chi connectivity index (χ0) is 18.5. The van der Waals surface area contributed by atoms with Crippen LogP contribution in [-0.4, -0.2) is 35.4 Å². The van der Waals surface area contributed by atoms with Gasteiger partial charge in [-0.15, -0.1) is 5.10 Å². The van der Waals surface area contributed by atoms with Crippen LogP contribution in [0.2, 0.25) is 0 Å². The lowest BCUT2D eigenvalue weighted by atomic mass is 10.2. The summed E-state index contributed by atoms with van der Waals surface area (Å²) in [6.07, 6.45) is 5.82. The van der Waals surface area contributed by atoms with E-state index >= 15 is 0 Å². The maximum atomic E-state index is 5.91. The summed E-state index contributed by atoms with van der Waals surface area (Å²) in [6, 6.07) is 13.9. The molecule has 26 heavy (non-hydrogen) atoms. The zero-order valence-electron chi connectivity index (χ0n) is 15.3. The number of nitrogens with two attached hydrogens (primary N) is 1. The first-order chi connectivity index (χ1) is 12.5. The minimum Gasteiger partial charge on any atom is -0.485 e. The number of imidazole rings is 1. The Kier molecular flexibility index (Phi) is 5.17. The number of aromatic nitrogens is 2. The molecule has 0 saturated heterocycles. The van der Waals surface area contributed by atoms with Crippen LogP contribution in [0.25, 0.3) is 5.65 Å². The van der Waals surface area contributed by atoms with E-state index in [4.69, 9.17) is 10.5 Å². The lowest BCUT2D eigenvalue weighted by Gasteiger charge is -2.04. The number of pyridine rings is 1. The van der Waals surface area contributed by atoms with E-state index in [1.807, 2.05) is 63.7 Å². The Labute approximate surface area is 152 Å². The van der Waals surface area contributed by atoms with Gasteiger partial charge in [0.1, 0.15) is 11.9 Å². The standard InChI is InChI=1S/C19H23N6O/c1-23(2)19(20)22-21-12-15-7-9-17(10-8-15)26-14-16-13-25-11-5-4-6-18(25)24(16)3/h4-13H,14H2,1-3H3,(H2,20,22)/q+1/p+1/b21-12-. The predicted molar refractivity (Wildman–Crippen MR) is 101 cm³/mol. The first-order valence-corrected chi connectivity index (χ1v) is 8.31. The summed E-state index contributed by atoms with van der Waals surface area (Å²) in [5, 5.41) is 4.10. The number of guanidine groups is 1. The molecule has 0 unspecified atom stereocenters. The number of ether oxygens (including phenoxy) is 1. The summed E-state index contributed by atoms with van der Waals surface area (Å²) in [7, 11) is 5.73. The summed E-state index contributed by atoms with van der Waals surface area (Å²) in [6.45, 7) is 0.501. The fraction of sp³-hybridized carbons (Fsp3) is 0.211. The number of aryl methyl sites for hydroxylation is 1. The molecular weight excluding hydrogens is 328 g/mol. The Morgan fingerprint density at radius 2 is 2.04 bits per heavy atom. The second-order valence-corrected chi connectivity index (χ2v) is 6.15. The Morgan fingerprint density at radius 3 is 2.73 bits per heavy atom. The maximum absolute atomic E-state index is 5.91. The SMILES string of the molecule is Cn1c(COc2ccc(/C=N\NC(N)=[N+](C)C)cc2)c[n+]2ccccc12. The van der Waals surface area contributed by atoms with Crippen LogP contribution in [0.4, 0.5) is 0 Å². The summed E-state index contributed by atoms with van der Waals surface area (Å²) < 4.78 is 11.9. The first kappa shape index (κ1) is 17.5. The molecule has 1 aromatic carbocycles. The van der Waals surface area contributed by atoms with Crippen LogP contribution < -0.4 is 20.3 Å². The van der Waals surface area contributed by atoms with Gasteiger partial charge in [0.05, 0.1) is 33.6 Å². The highest BCUT2D eigenvalue weighted by molar-refractivity contribution is 5.81. The highest BCUT2D eigenvalue weighted by Gasteiger charge is 2.13. The molecule has 2 aromatic heterocycles. The van der Waals surface area contributed by atoms with Crippen molar-refractivity contribution in [2.24, 2.45) is 17.9 Å². The Hall–Kier alpha value is -3.35. The number of hydrogen-bond donors (Lipinski definition) is 2. The van der Waals surface area contributed by atoms with Gasteiger partial charge in [-0.3, -0.25) is 10.3 Å². The van der Waals surface area contributed by atoms with Crippen molar-refractivity contribution in [1.29, 1.82) is 0 Å². The molecule has 0 spiro atoms. The molecule has 0 atom stereocenters. The molecule has 0 bridgehead atoms. The molecule has 0 radical (unpaired) electrons. The monoisotopic (exact) mass is 352 g/mol. The van der Waals surface area contributed by atoms with Crippen LogP contribution in [-0.2, 0) is 13.7 Å². The number of nitrogens with one attached hydrogen (secondary N) is 1. The topological polar surface area (TPSA) is 71.7 Å². The van der Waals surface area contributed by atoms with E-state index in [0.717, 1.165) is 22.7 Å². The molecule has 0 fully saturated rings. The second kappa shape index (κ2) is 7.69. The van der Waals surface area contributed by atoms with Gasteiger partial charge < -0.3 is 4.74 Å². The predicted octanol–water partition coefficient (Wildman–Crippen LogP) is 0.853. The van der Waals surface area contributed by atoms with Crippen molar-refractivity contribution in [2.45, 2.75) is 6.61 Å². The summed E-state index contributed by atoms with van der Waals surface area (Å²) in [5.74, 6) is 1.29. The van der Waals surface area contributed by atoms with Gasteiger partial charge in [-0.1, -0.05) is 6.07 Å². The van der Waals surface area contributed by atoms with Crippen LogP contribution in [0.5, 0.6) is 5.75 Å². The Bertz CT molecular complexity index is 952. The Balaban J connectivity index is 1.61. The van der Waals surface area contributed by atoms with E-state index in [1.54, 1.807) is 10.8 Å². The van der Waals surface area contributed by atoms with Crippen molar-refractivity contribution < 1.29 is 13.7 Å². The third-order valence-electron chi connectivity index (χ3n) is 4.07. The van der Waals surface area contributed by atoms with Gasteiger partial charge >= 0.3 is 5.96 Å². The molecule has 0 aliphatic rings. The van der Waals surface area contributed by atoms with Crippen molar-refractivity contribution >= 4 is 17.8 Å². The average molecular weight is 352 g/mol. The second-order valence-electron chi connectivity index (χ2n) is 6.15. The molecule has 2 heterocycles. The van der Waals surface area contributed by atoms with Gasteiger partial charge in [-0.25, -0.2) is 8.97 Å². The van der Waals surface area contributed by atoms with Crippen LogP contribution in [0.3, 0.4) is 0 Å². The molecule has 0 aliphatic heterocycles. The molecule has 3 N–H and O–H groups in total. The van der Waals surface area contributed by atoms with E-state index in [-0.39, 0.29) is 0 Å².